The van der Waals surface area contributed by atoms with Gasteiger partial charge in [0.25, 0.3) is 0 Å². The molecular formula is C12H10O5. The van der Waals surface area contributed by atoms with E-state index in [1.54, 1.807) is 0 Å². The number of phenols is 3. The minimum absolute atomic E-state index is 0.197. The number of carbonyl (C=O) groups excluding carboxylic acids is 2. The van der Waals surface area contributed by atoms with Gasteiger partial charge in [0, 0.05) is 17.2 Å². The number of benzene rings is 1. The molecule has 0 atom stereocenters. The van der Waals surface area contributed by atoms with Gasteiger partial charge in [0.2, 0.25) is 0 Å². The number of Topliss-reactive ketones (excluding diaryl/α,β-unsaturated/α-hetero) is 2. The molecule has 0 bridgehead atoms. The number of allylic oxidation sites excluding steroid dienone is 2. The smallest absolute Gasteiger partial charge is 0.193 e. The van der Waals surface area contributed by atoms with E-state index in [2.05, 4.69) is 0 Å². The van der Waals surface area contributed by atoms with Crippen LogP contribution in [0, 0.1) is 0 Å². The van der Waals surface area contributed by atoms with Crippen molar-refractivity contribution in [2.24, 2.45) is 0 Å². The Kier molecular flexibility index (Phi) is 2.20. The molecule has 0 unspecified atom stereocenters. The lowest BCUT2D eigenvalue weighted by Crippen LogP contribution is -2.19. The Labute approximate surface area is 96.6 Å². The lowest BCUT2D eigenvalue weighted by molar-refractivity contribution is 0.0969. The molecular weight excluding hydrogens is 224 g/mol. The van der Waals surface area contributed by atoms with Gasteiger partial charge in [0.05, 0.1) is 11.1 Å². The minimum Gasteiger partial charge on any atom is -0.507 e. The molecule has 0 spiro atoms. The Morgan fingerprint density at radius 2 is 1.29 bits per heavy atom. The Balaban J connectivity index is 2.90. The summed E-state index contributed by atoms with van der Waals surface area (Å²) in [4.78, 5) is 23.8. The molecule has 5 heteroatoms. The average molecular weight is 234 g/mol. The van der Waals surface area contributed by atoms with E-state index in [4.69, 9.17) is 0 Å². The molecule has 1 aliphatic rings. The van der Waals surface area contributed by atoms with Crippen molar-refractivity contribution in [3.8, 4) is 17.2 Å². The molecule has 1 aliphatic carbocycles. The van der Waals surface area contributed by atoms with E-state index in [-0.39, 0.29) is 22.3 Å². The molecule has 17 heavy (non-hydrogen) atoms. The summed E-state index contributed by atoms with van der Waals surface area (Å²) in [6.45, 7) is 2.93. The highest BCUT2D eigenvalue weighted by molar-refractivity contribution is 6.28. The van der Waals surface area contributed by atoms with Crippen LogP contribution in [-0.4, -0.2) is 26.9 Å². The normalized spacial score (nSPS) is 15.2. The first-order chi connectivity index (χ1) is 7.86. The molecule has 0 saturated heterocycles. The summed E-state index contributed by atoms with van der Waals surface area (Å²) in [5.74, 6) is -2.91. The second-order valence-corrected chi connectivity index (χ2v) is 3.92. The lowest BCUT2D eigenvalue weighted by Gasteiger charge is -2.19. The van der Waals surface area contributed by atoms with Gasteiger partial charge in [-0.05, 0) is 13.8 Å². The van der Waals surface area contributed by atoms with Crippen molar-refractivity contribution in [3.05, 3.63) is 28.3 Å². The van der Waals surface area contributed by atoms with Crippen LogP contribution in [0.3, 0.4) is 0 Å². The first-order valence-electron chi connectivity index (χ1n) is 4.91. The number of fused-ring (bicyclic) bond motifs is 1. The number of aromatic hydroxyl groups is 3. The first-order valence-corrected chi connectivity index (χ1v) is 4.91. The SMILES string of the molecule is CC1=C(C)C(=O)c2c(O)c(O)cc(O)c2C1=O. The van der Waals surface area contributed by atoms with Crippen LogP contribution in [0.5, 0.6) is 17.2 Å². The molecule has 0 radical (unpaired) electrons. The van der Waals surface area contributed by atoms with Crippen molar-refractivity contribution >= 4 is 11.6 Å². The van der Waals surface area contributed by atoms with E-state index < -0.39 is 28.8 Å². The van der Waals surface area contributed by atoms with Crippen molar-refractivity contribution in [1.29, 1.82) is 0 Å². The van der Waals surface area contributed by atoms with Crippen molar-refractivity contribution < 1.29 is 24.9 Å². The lowest BCUT2D eigenvalue weighted by atomic mass is 9.84. The molecule has 0 saturated carbocycles. The Hall–Kier alpha value is -2.30. The van der Waals surface area contributed by atoms with Crippen molar-refractivity contribution in [2.75, 3.05) is 0 Å². The molecule has 1 aromatic rings. The minimum atomic E-state index is -0.678. The van der Waals surface area contributed by atoms with Crippen LogP contribution in [0.1, 0.15) is 34.6 Å². The van der Waals surface area contributed by atoms with Gasteiger partial charge in [0.15, 0.2) is 23.1 Å². The summed E-state index contributed by atoms with van der Waals surface area (Å²) in [7, 11) is 0. The summed E-state index contributed by atoms with van der Waals surface area (Å²) >= 11 is 0. The topological polar surface area (TPSA) is 94.8 Å². The van der Waals surface area contributed by atoms with Crippen molar-refractivity contribution in [1.82, 2.24) is 0 Å². The highest BCUT2D eigenvalue weighted by atomic mass is 16.3. The zero-order chi connectivity index (χ0) is 12.9. The summed E-state index contributed by atoms with van der Waals surface area (Å²) < 4.78 is 0. The van der Waals surface area contributed by atoms with E-state index in [0.29, 0.717) is 0 Å². The molecule has 0 amide bonds. The van der Waals surface area contributed by atoms with Gasteiger partial charge in [-0.2, -0.15) is 0 Å². The molecule has 5 nitrogen and oxygen atoms in total. The van der Waals surface area contributed by atoms with Gasteiger partial charge in [-0.15, -0.1) is 0 Å². The first kappa shape index (κ1) is 11.2. The van der Waals surface area contributed by atoms with E-state index >= 15 is 0 Å². The third kappa shape index (κ3) is 1.32. The van der Waals surface area contributed by atoms with Crippen molar-refractivity contribution in [2.45, 2.75) is 13.8 Å². The molecule has 0 aromatic heterocycles. The maximum Gasteiger partial charge on any atom is 0.193 e. The Morgan fingerprint density at radius 1 is 0.824 bits per heavy atom. The van der Waals surface area contributed by atoms with E-state index in [1.807, 2.05) is 0 Å². The highest BCUT2D eigenvalue weighted by Gasteiger charge is 2.34. The van der Waals surface area contributed by atoms with Gasteiger partial charge < -0.3 is 15.3 Å². The van der Waals surface area contributed by atoms with Gasteiger partial charge in [-0.25, -0.2) is 0 Å². The number of ketones is 2. The third-order valence-electron chi connectivity index (χ3n) is 2.96. The number of carbonyl (C=O) groups is 2. The van der Waals surface area contributed by atoms with Crippen LogP contribution in [0.15, 0.2) is 17.2 Å². The number of hydrogen-bond donors (Lipinski definition) is 3. The maximum absolute atomic E-state index is 11.9. The summed E-state index contributed by atoms with van der Waals surface area (Å²) in [6, 6.07) is 0.841. The van der Waals surface area contributed by atoms with Gasteiger partial charge in [0.1, 0.15) is 5.75 Å². The van der Waals surface area contributed by atoms with Crippen molar-refractivity contribution in [3.63, 3.8) is 0 Å². The fraction of sp³-hybridized carbons (Fsp3) is 0.167. The van der Waals surface area contributed by atoms with E-state index in [9.17, 15) is 24.9 Å². The second kappa shape index (κ2) is 3.35. The molecule has 0 fully saturated rings. The molecule has 0 heterocycles. The third-order valence-corrected chi connectivity index (χ3v) is 2.96. The Bertz CT molecular complexity index is 595. The molecule has 1 aromatic carbocycles. The van der Waals surface area contributed by atoms with Crippen LogP contribution in [0.2, 0.25) is 0 Å². The highest BCUT2D eigenvalue weighted by Crippen LogP contribution is 2.42. The van der Waals surface area contributed by atoms with Gasteiger partial charge in [-0.3, -0.25) is 9.59 Å². The second-order valence-electron chi connectivity index (χ2n) is 3.92. The Morgan fingerprint density at radius 3 is 1.82 bits per heavy atom. The zero-order valence-electron chi connectivity index (χ0n) is 9.24. The standard InChI is InChI=1S/C12H10O5/c1-4-5(2)11(16)9-8(10(4)15)6(13)3-7(14)12(9)17/h3,13-14,17H,1-2H3. The monoisotopic (exact) mass is 234 g/mol. The largest absolute Gasteiger partial charge is 0.507 e. The predicted molar refractivity (Wildman–Crippen MR) is 58.5 cm³/mol. The van der Waals surface area contributed by atoms with Crippen LogP contribution < -0.4 is 0 Å². The number of hydrogen-bond acceptors (Lipinski definition) is 5. The van der Waals surface area contributed by atoms with Crippen LogP contribution in [0.4, 0.5) is 0 Å². The molecule has 2 rings (SSSR count). The zero-order valence-corrected chi connectivity index (χ0v) is 9.24. The fourth-order valence-corrected chi connectivity index (χ4v) is 1.81. The van der Waals surface area contributed by atoms with Gasteiger partial charge >= 0.3 is 0 Å². The van der Waals surface area contributed by atoms with Gasteiger partial charge in [-0.1, -0.05) is 0 Å². The maximum atomic E-state index is 11.9. The summed E-state index contributed by atoms with van der Waals surface area (Å²) in [5.41, 5.74) is -0.172. The summed E-state index contributed by atoms with van der Waals surface area (Å²) in [5, 5.41) is 28.5. The average Bonchev–Trinajstić information content (AvgIpc) is 2.28. The van der Waals surface area contributed by atoms with E-state index in [1.165, 1.54) is 13.8 Å². The number of phenolic OH excluding ortho intramolecular Hbond substituents is 3. The van der Waals surface area contributed by atoms with Crippen LogP contribution in [-0.2, 0) is 0 Å². The van der Waals surface area contributed by atoms with E-state index in [0.717, 1.165) is 6.07 Å². The molecule has 3 N–H and O–H groups in total. The molecule has 0 aliphatic heterocycles. The predicted octanol–water partition coefficient (Wildman–Crippen LogP) is 1.52. The fourth-order valence-electron chi connectivity index (χ4n) is 1.81. The quantitative estimate of drug-likeness (QED) is 0.467. The number of rotatable bonds is 0. The van der Waals surface area contributed by atoms with Crippen LogP contribution >= 0.6 is 0 Å². The van der Waals surface area contributed by atoms with Crippen LogP contribution in [0.25, 0.3) is 0 Å². The summed E-state index contributed by atoms with van der Waals surface area (Å²) in [6.07, 6.45) is 0. The molecule has 88 valence electrons.